The molecule has 90 valence electrons. The molecular weight excluding hydrogens is 222 g/mol. The lowest BCUT2D eigenvalue weighted by atomic mass is 10.3. The van der Waals surface area contributed by atoms with Crippen LogP contribution in [-0.2, 0) is 4.84 Å². The minimum atomic E-state index is -1.22. The van der Waals surface area contributed by atoms with Crippen molar-refractivity contribution in [3.63, 3.8) is 0 Å². The predicted molar refractivity (Wildman–Crippen MR) is 61.4 cm³/mol. The van der Waals surface area contributed by atoms with Gasteiger partial charge in [0.1, 0.15) is 11.9 Å². The zero-order valence-corrected chi connectivity index (χ0v) is 9.30. The number of aromatic amines is 1. The maximum atomic E-state index is 10.4. The third kappa shape index (κ3) is 2.54. The van der Waals surface area contributed by atoms with E-state index in [0.29, 0.717) is 12.2 Å². The summed E-state index contributed by atoms with van der Waals surface area (Å²) < 4.78 is 0. The van der Waals surface area contributed by atoms with Gasteiger partial charge in [0.2, 0.25) is 0 Å². The van der Waals surface area contributed by atoms with Crippen molar-refractivity contribution in [2.75, 3.05) is 0 Å². The Balaban J connectivity index is 2.21. The lowest BCUT2D eigenvalue weighted by molar-refractivity contribution is -0.0229. The number of hydrogen-bond donors (Lipinski definition) is 3. The van der Waals surface area contributed by atoms with Crippen molar-refractivity contribution >= 4 is 17.1 Å². The van der Waals surface area contributed by atoms with Gasteiger partial charge in [-0.15, -0.1) is 0 Å². The third-order valence-corrected chi connectivity index (χ3v) is 2.37. The molecule has 6 heteroatoms. The first-order chi connectivity index (χ1) is 8.20. The Bertz CT molecular complexity index is 490. The van der Waals surface area contributed by atoms with Crippen LogP contribution < -0.4 is 5.48 Å². The van der Waals surface area contributed by atoms with E-state index in [4.69, 9.17) is 9.94 Å². The number of fused-ring (bicyclic) bond motifs is 1. The number of nitrogens with zero attached hydrogens (tertiary/aromatic N) is 1. The average molecular weight is 235 g/mol. The number of rotatable bonds is 4. The Morgan fingerprint density at radius 3 is 3.00 bits per heavy atom. The van der Waals surface area contributed by atoms with Crippen molar-refractivity contribution in [1.82, 2.24) is 15.4 Å². The highest BCUT2D eigenvalue weighted by atomic mass is 16.7. The molecule has 17 heavy (non-hydrogen) atoms. The fraction of sp³-hybridized carbons (Fsp3) is 0.273. The first-order valence-corrected chi connectivity index (χ1v) is 5.30. The highest BCUT2D eigenvalue weighted by Gasteiger charge is 2.15. The Labute approximate surface area is 97.6 Å². The number of aromatic nitrogens is 2. The Hall–Kier alpha value is -2.08. The number of amides is 1. The van der Waals surface area contributed by atoms with Gasteiger partial charge in [0.05, 0.1) is 11.0 Å². The van der Waals surface area contributed by atoms with Crippen molar-refractivity contribution in [2.45, 2.75) is 19.4 Å². The maximum Gasteiger partial charge on any atom is 0.428 e. The highest BCUT2D eigenvalue weighted by molar-refractivity contribution is 5.74. The van der Waals surface area contributed by atoms with Gasteiger partial charge in [-0.25, -0.2) is 9.78 Å². The fourth-order valence-electron chi connectivity index (χ4n) is 1.58. The summed E-state index contributed by atoms with van der Waals surface area (Å²) in [6.07, 6.45) is -1.03. The quantitative estimate of drug-likeness (QED) is 0.709. The molecule has 3 N–H and O–H groups in total. The van der Waals surface area contributed by atoms with Crippen LogP contribution in [0.25, 0.3) is 11.0 Å². The van der Waals surface area contributed by atoms with E-state index in [2.05, 4.69) is 9.97 Å². The second kappa shape index (κ2) is 4.84. The standard InChI is InChI=1S/C11H13N3O3/c1-2-9(17-14-11(15)16)10-12-7-5-3-4-6-8(7)13-10/h3-6,9,14H,2H2,1H3,(H,12,13)(H,15,16). The van der Waals surface area contributed by atoms with Gasteiger partial charge in [-0.2, -0.15) is 5.48 Å². The first kappa shape index (κ1) is 11.4. The summed E-state index contributed by atoms with van der Waals surface area (Å²) in [7, 11) is 0. The van der Waals surface area contributed by atoms with Gasteiger partial charge in [0.25, 0.3) is 0 Å². The number of carboxylic acid groups (broad SMARTS) is 1. The molecular formula is C11H13N3O3. The largest absolute Gasteiger partial charge is 0.464 e. The van der Waals surface area contributed by atoms with E-state index in [1.807, 2.05) is 36.7 Å². The van der Waals surface area contributed by atoms with Gasteiger partial charge in [-0.1, -0.05) is 19.1 Å². The smallest absolute Gasteiger partial charge is 0.428 e. The topological polar surface area (TPSA) is 87.2 Å². The highest BCUT2D eigenvalue weighted by Crippen LogP contribution is 2.20. The van der Waals surface area contributed by atoms with Crippen molar-refractivity contribution in [3.8, 4) is 0 Å². The molecule has 2 rings (SSSR count). The second-order valence-corrected chi connectivity index (χ2v) is 3.56. The van der Waals surface area contributed by atoms with E-state index in [1.165, 1.54) is 0 Å². The molecule has 0 bridgehead atoms. The van der Waals surface area contributed by atoms with Crippen LogP contribution in [0.15, 0.2) is 24.3 Å². The molecule has 0 aliphatic rings. The summed E-state index contributed by atoms with van der Waals surface area (Å²) >= 11 is 0. The summed E-state index contributed by atoms with van der Waals surface area (Å²) in [6.45, 7) is 1.89. The van der Waals surface area contributed by atoms with E-state index in [0.717, 1.165) is 11.0 Å². The molecule has 0 radical (unpaired) electrons. The SMILES string of the molecule is CCC(ONC(=O)O)c1nc2ccccc2[nH]1. The van der Waals surface area contributed by atoms with Gasteiger partial charge in [-0.05, 0) is 18.6 Å². The Morgan fingerprint density at radius 2 is 2.35 bits per heavy atom. The average Bonchev–Trinajstić information content (AvgIpc) is 2.72. The molecule has 6 nitrogen and oxygen atoms in total. The number of nitrogens with one attached hydrogen (secondary N) is 2. The van der Waals surface area contributed by atoms with Crippen molar-refractivity contribution in [1.29, 1.82) is 0 Å². The van der Waals surface area contributed by atoms with Crippen molar-refractivity contribution in [2.24, 2.45) is 0 Å². The molecule has 0 aliphatic heterocycles. The van der Waals surface area contributed by atoms with Crippen molar-refractivity contribution < 1.29 is 14.7 Å². The minimum absolute atomic E-state index is 0.418. The van der Waals surface area contributed by atoms with E-state index in [9.17, 15) is 4.79 Å². The van der Waals surface area contributed by atoms with Crippen LogP contribution in [0.4, 0.5) is 4.79 Å². The van der Waals surface area contributed by atoms with Crippen LogP contribution in [0, 0.1) is 0 Å². The molecule has 0 saturated heterocycles. The number of para-hydroxylation sites is 2. The lowest BCUT2D eigenvalue weighted by Crippen LogP contribution is -2.24. The normalized spacial score (nSPS) is 12.5. The van der Waals surface area contributed by atoms with E-state index in [-0.39, 0.29) is 0 Å². The summed E-state index contributed by atoms with van der Waals surface area (Å²) in [5, 5.41) is 8.48. The molecule has 2 aromatic rings. The van der Waals surface area contributed by atoms with Crippen molar-refractivity contribution in [3.05, 3.63) is 30.1 Å². The molecule has 1 aromatic heterocycles. The molecule has 1 amide bonds. The van der Waals surface area contributed by atoms with Crippen LogP contribution >= 0.6 is 0 Å². The lowest BCUT2D eigenvalue weighted by Gasteiger charge is -2.11. The summed E-state index contributed by atoms with van der Waals surface area (Å²) in [5.74, 6) is 0.613. The van der Waals surface area contributed by atoms with Crippen LogP contribution in [0.1, 0.15) is 25.3 Å². The zero-order valence-electron chi connectivity index (χ0n) is 9.30. The summed E-state index contributed by atoms with van der Waals surface area (Å²) in [6, 6.07) is 7.59. The van der Waals surface area contributed by atoms with Gasteiger partial charge in [0.15, 0.2) is 0 Å². The molecule has 1 unspecified atom stereocenters. The molecule has 1 aromatic carbocycles. The van der Waals surface area contributed by atoms with Gasteiger partial charge < -0.3 is 10.1 Å². The molecule has 0 saturated carbocycles. The number of hydrogen-bond acceptors (Lipinski definition) is 3. The number of imidazole rings is 1. The molecule has 1 atom stereocenters. The van der Waals surface area contributed by atoms with Crippen LogP contribution in [0.2, 0.25) is 0 Å². The van der Waals surface area contributed by atoms with Gasteiger partial charge >= 0.3 is 6.09 Å². The second-order valence-electron chi connectivity index (χ2n) is 3.56. The summed E-state index contributed by atoms with van der Waals surface area (Å²) in [5.41, 5.74) is 3.63. The molecule has 0 spiro atoms. The predicted octanol–water partition coefficient (Wildman–Crippen LogP) is 2.21. The fourth-order valence-corrected chi connectivity index (χ4v) is 1.58. The van der Waals surface area contributed by atoms with Gasteiger partial charge in [0, 0.05) is 0 Å². The van der Waals surface area contributed by atoms with Crippen LogP contribution in [0.3, 0.4) is 0 Å². The molecule has 0 fully saturated rings. The number of carbonyl (C=O) groups is 1. The van der Waals surface area contributed by atoms with Gasteiger partial charge in [-0.3, -0.25) is 4.84 Å². The number of hydroxylamine groups is 1. The monoisotopic (exact) mass is 235 g/mol. The first-order valence-electron chi connectivity index (χ1n) is 5.30. The maximum absolute atomic E-state index is 10.4. The number of benzene rings is 1. The minimum Gasteiger partial charge on any atom is -0.464 e. The molecule has 1 heterocycles. The Kier molecular flexibility index (Phi) is 3.24. The van der Waals surface area contributed by atoms with E-state index < -0.39 is 12.2 Å². The Morgan fingerprint density at radius 1 is 1.59 bits per heavy atom. The van der Waals surface area contributed by atoms with E-state index in [1.54, 1.807) is 0 Å². The molecule has 0 aliphatic carbocycles. The number of H-pyrrole nitrogens is 1. The van der Waals surface area contributed by atoms with Crippen LogP contribution in [-0.4, -0.2) is 21.2 Å². The zero-order chi connectivity index (χ0) is 12.3. The van der Waals surface area contributed by atoms with E-state index >= 15 is 0 Å². The summed E-state index contributed by atoms with van der Waals surface area (Å²) in [4.78, 5) is 22.8. The van der Waals surface area contributed by atoms with Crippen LogP contribution in [0.5, 0.6) is 0 Å². The third-order valence-electron chi connectivity index (χ3n) is 2.37.